The second-order valence-electron chi connectivity index (χ2n) is 4.47. The van der Waals surface area contributed by atoms with Gasteiger partial charge >= 0.3 is 0 Å². The van der Waals surface area contributed by atoms with Gasteiger partial charge in [0.15, 0.2) is 0 Å². The van der Waals surface area contributed by atoms with Crippen molar-refractivity contribution in [3.8, 4) is 5.75 Å². The molecule has 1 aromatic carbocycles. The lowest BCUT2D eigenvalue weighted by molar-refractivity contribution is 0.238. The van der Waals surface area contributed by atoms with Crippen molar-refractivity contribution >= 4 is 0 Å². The molecular weight excluding hydrogens is 200 g/mol. The number of methoxy groups -OCH3 is 1. The Bertz CT molecular complexity index is 340. The highest BCUT2D eigenvalue weighted by atomic mass is 16.5. The molecule has 1 aromatic rings. The van der Waals surface area contributed by atoms with E-state index in [0.717, 1.165) is 31.8 Å². The van der Waals surface area contributed by atoms with E-state index < -0.39 is 0 Å². The van der Waals surface area contributed by atoms with Crippen LogP contribution in [0.3, 0.4) is 0 Å². The van der Waals surface area contributed by atoms with Gasteiger partial charge in [0.1, 0.15) is 5.75 Å². The minimum absolute atomic E-state index is 0.561. The summed E-state index contributed by atoms with van der Waals surface area (Å²) in [5.74, 6) is 0.946. The lowest BCUT2D eigenvalue weighted by Crippen LogP contribution is -2.49. The second kappa shape index (κ2) is 5.32. The van der Waals surface area contributed by atoms with Gasteiger partial charge < -0.3 is 15.0 Å². The van der Waals surface area contributed by atoms with E-state index >= 15 is 0 Å². The molecule has 0 radical (unpaired) electrons. The molecule has 16 heavy (non-hydrogen) atoms. The summed E-state index contributed by atoms with van der Waals surface area (Å²) >= 11 is 0. The normalized spacial score (nSPS) is 22.0. The van der Waals surface area contributed by atoms with E-state index in [1.165, 1.54) is 5.56 Å². The fraction of sp³-hybridized carbons (Fsp3) is 0.538. The Balaban J connectivity index is 1.97. The first kappa shape index (κ1) is 11.4. The van der Waals surface area contributed by atoms with E-state index in [4.69, 9.17) is 4.74 Å². The topological polar surface area (TPSA) is 24.5 Å². The zero-order valence-electron chi connectivity index (χ0n) is 10.1. The summed E-state index contributed by atoms with van der Waals surface area (Å²) in [6, 6.07) is 8.89. The average molecular weight is 220 g/mol. The van der Waals surface area contributed by atoms with E-state index in [-0.39, 0.29) is 0 Å². The fourth-order valence-electron chi connectivity index (χ4n) is 2.21. The number of rotatable bonds is 3. The summed E-state index contributed by atoms with van der Waals surface area (Å²) in [6.07, 6.45) is 1.07. The van der Waals surface area contributed by atoms with Crippen molar-refractivity contribution in [2.24, 2.45) is 0 Å². The smallest absolute Gasteiger partial charge is 0.119 e. The highest BCUT2D eigenvalue weighted by Crippen LogP contribution is 2.14. The number of piperazine rings is 1. The van der Waals surface area contributed by atoms with Gasteiger partial charge in [-0.2, -0.15) is 0 Å². The Hall–Kier alpha value is -1.06. The second-order valence-corrected chi connectivity index (χ2v) is 4.47. The Kier molecular flexibility index (Phi) is 3.80. The molecule has 1 N–H and O–H groups in total. The van der Waals surface area contributed by atoms with E-state index in [9.17, 15) is 0 Å². The third kappa shape index (κ3) is 2.97. The number of ether oxygens (including phenoxy) is 1. The van der Waals surface area contributed by atoms with Gasteiger partial charge in [0, 0.05) is 25.7 Å². The molecule has 0 aromatic heterocycles. The molecule has 88 valence electrons. The molecule has 1 fully saturated rings. The molecule has 1 unspecified atom stereocenters. The minimum atomic E-state index is 0.561. The van der Waals surface area contributed by atoms with Crippen LogP contribution in [0.4, 0.5) is 0 Å². The van der Waals surface area contributed by atoms with E-state index in [1.807, 2.05) is 6.07 Å². The molecule has 1 atom stereocenters. The molecule has 0 aliphatic carbocycles. The first-order chi connectivity index (χ1) is 7.78. The first-order valence-electron chi connectivity index (χ1n) is 5.83. The summed E-state index contributed by atoms with van der Waals surface area (Å²) in [7, 11) is 3.89. The molecule has 0 spiro atoms. The van der Waals surface area contributed by atoms with Gasteiger partial charge in [-0.1, -0.05) is 12.1 Å². The maximum atomic E-state index is 5.23. The van der Waals surface area contributed by atoms with Gasteiger partial charge in [0.2, 0.25) is 0 Å². The Morgan fingerprint density at radius 3 is 3.12 bits per heavy atom. The summed E-state index contributed by atoms with van der Waals surface area (Å²) < 4.78 is 5.23. The third-order valence-electron chi connectivity index (χ3n) is 3.07. The summed E-state index contributed by atoms with van der Waals surface area (Å²) in [6.45, 7) is 3.36. The molecule has 1 aliphatic heterocycles. The largest absolute Gasteiger partial charge is 0.497 e. The zero-order valence-corrected chi connectivity index (χ0v) is 10.1. The molecule has 0 amide bonds. The maximum Gasteiger partial charge on any atom is 0.119 e. The van der Waals surface area contributed by atoms with Gasteiger partial charge in [-0.15, -0.1) is 0 Å². The molecule has 3 heteroatoms. The summed E-state index contributed by atoms with van der Waals surface area (Å²) in [5, 5.41) is 3.55. The van der Waals surface area contributed by atoms with Gasteiger partial charge in [-0.25, -0.2) is 0 Å². The van der Waals surface area contributed by atoms with Crippen molar-refractivity contribution in [2.45, 2.75) is 12.5 Å². The monoisotopic (exact) mass is 220 g/mol. The van der Waals surface area contributed by atoms with Crippen molar-refractivity contribution in [3.05, 3.63) is 29.8 Å². The van der Waals surface area contributed by atoms with Crippen LogP contribution in [0.2, 0.25) is 0 Å². The van der Waals surface area contributed by atoms with Crippen LogP contribution < -0.4 is 10.1 Å². The van der Waals surface area contributed by atoms with Crippen LogP contribution in [0.25, 0.3) is 0 Å². The fourth-order valence-corrected chi connectivity index (χ4v) is 2.21. The van der Waals surface area contributed by atoms with Crippen LogP contribution in [0.1, 0.15) is 5.56 Å². The van der Waals surface area contributed by atoms with E-state index in [1.54, 1.807) is 7.11 Å². The quantitative estimate of drug-likeness (QED) is 0.827. The number of hydrogen-bond acceptors (Lipinski definition) is 3. The van der Waals surface area contributed by atoms with Gasteiger partial charge in [0.05, 0.1) is 7.11 Å². The Labute approximate surface area is 97.4 Å². The zero-order chi connectivity index (χ0) is 11.4. The predicted molar refractivity (Wildman–Crippen MR) is 66.0 cm³/mol. The van der Waals surface area contributed by atoms with Crippen LogP contribution in [-0.2, 0) is 6.42 Å². The average Bonchev–Trinajstić information content (AvgIpc) is 2.29. The molecule has 0 bridgehead atoms. The highest BCUT2D eigenvalue weighted by molar-refractivity contribution is 5.29. The van der Waals surface area contributed by atoms with Crippen LogP contribution in [-0.4, -0.2) is 44.7 Å². The third-order valence-corrected chi connectivity index (χ3v) is 3.07. The SMILES string of the molecule is COc1cccc(CC2CN(C)CCN2)c1. The van der Waals surface area contributed by atoms with Crippen molar-refractivity contribution < 1.29 is 4.74 Å². The van der Waals surface area contributed by atoms with E-state index in [2.05, 4.69) is 35.5 Å². The van der Waals surface area contributed by atoms with Crippen LogP contribution in [0.15, 0.2) is 24.3 Å². The number of nitrogens with one attached hydrogen (secondary N) is 1. The summed E-state index contributed by atoms with van der Waals surface area (Å²) in [5.41, 5.74) is 1.34. The predicted octanol–water partition coefficient (Wildman–Crippen LogP) is 1.14. The Morgan fingerprint density at radius 2 is 2.38 bits per heavy atom. The van der Waals surface area contributed by atoms with Crippen LogP contribution in [0.5, 0.6) is 5.75 Å². The summed E-state index contributed by atoms with van der Waals surface area (Å²) in [4.78, 5) is 2.38. The van der Waals surface area contributed by atoms with Crippen LogP contribution >= 0.6 is 0 Å². The first-order valence-corrected chi connectivity index (χ1v) is 5.83. The number of likely N-dealkylation sites (N-methyl/N-ethyl adjacent to an activating group) is 1. The highest BCUT2D eigenvalue weighted by Gasteiger charge is 2.16. The van der Waals surface area contributed by atoms with Crippen molar-refractivity contribution in [1.82, 2.24) is 10.2 Å². The lowest BCUT2D eigenvalue weighted by Gasteiger charge is -2.31. The van der Waals surface area contributed by atoms with E-state index in [0.29, 0.717) is 6.04 Å². The molecule has 1 heterocycles. The van der Waals surface area contributed by atoms with Gasteiger partial charge in [-0.3, -0.25) is 0 Å². The van der Waals surface area contributed by atoms with Crippen molar-refractivity contribution in [1.29, 1.82) is 0 Å². The number of hydrogen-bond donors (Lipinski definition) is 1. The van der Waals surface area contributed by atoms with Gasteiger partial charge in [-0.05, 0) is 31.2 Å². The van der Waals surface area contributed by atoms with Gasteiger partial charge in [0.25, 0.3) is 0 Å². The molecule has 3 nitrogen and oxygen atoms in total. The van der Waals surface area contributed by atoms with Crippen molar-refractivity contribution in [2.75, 3.05) is 33.8 Å². The molecular formula is C13H20N2O. The van der Waals surface area contributed by atoms with Crippen LogP contribution in [0, 0.1) is 0 Å². The molecule has 0 saturated carbocycles. The number of benzene rings is 1. The number of nitrogens with zero attached hydrogens (tertiary/aromatic N) is 1. The molecule has 1 saturated heterocycles. The Morgan fingerprint density at radius 1 is 1.50 bits per heavy atom. The molecule has 2 rings (SSSR count). The standard InChI is InChI=1S/C13H20N2O/c1-15-7-6-14-12(10-15)8-11-4-3-5-13(9-11)16-2/h3-5,9,12,14H,6-8,10H2,1-2H3. The minimum Gasteiger partial charge on any atom is -0.497 e. The van der Waals surface area contributed by atoms with Crippen molar-refractivity contribution in [3.63, 3.8) is 0 Å². The molecule has 1 aliphatic rings. The maximum absolute atomic E-state index is 5.23. The lowest BCUT2D eigenvalue weighted by atomic mass is 10.0.